The van der Waals surface area contributed by atoms with E-state index in [1.807, 2.05) is 26.0 Å². The average molecular weight is 509 g/mol. The Bertz CT molecular complexity index is 1840. The molecule has 0 saturated carbocycles. The van der Waals surface area contributed by atoms with E-state index in [2.05, 4.69) is 4.98 Å². The number of rotatable bonds is 5. The lowest BCUT2D eigenvalue weighted by Crippen LogP contribution is -2.22. The number of nitrogens with one attached hydrogen (secondary N) is 1. The highest BCUT2D eigenvalue weighted by Crippen LogP contribution is 2.39. The molecule has 0 fully saturated rings. The van der Waals surface area contributed by atoms with Crippen LogP contribution < -0.4 is 11.2 Å². The molecule has 0 saturated heterocycles. The van der Waals surface area contributed by atoms with Crippen LogP contribution in [-0.4, -0.2) is 32.3 Å². The summed E-state index contributed by atoms with van der Waals surface area (Å²) in [7, 11) is -0.669. The number of pyridine rings is 1. The first kappa shape index (κ1) is 23.3. The van der Waals surface area contributed by atoms with Crippen molar-refractivity contribution < 1.29 is 8.42 Å². The third kappa shape index (κ3) is 3.55. The molecule has 0 aliphatic carbocycles. The number of benzene rings is 2. The van der Waals surface area contributed by atoms with E-state index in [0.717, 1.165) is 36.8 Å². The second kappa shape index (κ2) is 8.31. The number of imidazole rings is 1. The molecule has 3 aromatic heterocycles. The van der Waals surface area contributed by atoms with Crippen LogP contribution in [0.25, 0.3) is 33.1 Å². The molecule has 0 radical (unpaired) electrons. The molecule has 10 heteroatoms. The average Bonchev–Trinajstić information content (AvgIpc) is 3.40. The van der Waals surface area contributed by atoms with Crippen LogP contribution in [0.1, 0.15) is 12.5 Å². The van der Waals surface area contributed by atoms with Gasteiger partial charge in [0.25, 0.3) is 15.6 Å². The quantitative estimate of drug-likeness (QED) is 0.364. The minimum atomic E-state index is -3.99. The summed E-state index contributed by atoms with van der Waals surface area (Å²) in [6.45, 7) is 3.90. The van der Waals surface area contributed by atoms with E-state index in [-0.39, 0.29) is 16.1 Å². The molecule has 5 aromatic rings. The molecule has 0 atom stereocenters. The maximum absolute atomic E-state index is 13.5. The molecule has 180 valence electrons. The molecule has 3 heterocycles. The Hall–Kier alpha value is -3.50. The van der Waals surface area contributed by atoms with Gasteiger partial charge in [0, 0.05) is 42.3 Å². The summed E-state index contributed by atoms with van der Waals surface area (Å²) in [4.78, 5) is 29.4. The van der Waals surface area contributed by atoms with Crippen LogP contribution in [0.15, 0.2) is 74.2 Å². The monoisotopic (exact) mass is 508 g/mol. The van der Waals surface area contributed by atoms with Gasteiger partial charge in [0.15, 0.2) is 0 Å². The molecule has 0 amide bonds. The van der Waals surface area contributed by atoms with Crippen molar-refractivity contribution in [2.75, 3.05) is 5.75 Å². The summed E-state index contributed by atoms with van der Waals surface area (Å²) in [5, 5.41) is 0.527. The smallest absolute Gasteiger partial charge is 0.316 e. The van der Waals surface area contributed by atoms with Crippen molar-refractivity contribution in [3.05, 3.63) is 81.3 Å². The van der Waals surface area contributed by atoms with Crippen LogP contribution in [0.3, 0.4) is 0 Å². The van der Waals surface area contributed by atoms with Crippen molar-refractivity contribution in [2.45, 2.75) is 23.6 Å². The van der Waals surface area contributed by atoms with Gasteiger partial charge in [-0.1, -0.05) is 30.7 Å². The predicted molar refractivity (Wildman–Crippen MR) is 140 cm³/mol. The number of aryl methyl sites for hydroxylation is 3. The van der Waals surface area contributed by atoms with Crippen LogP contribution >= 0.6 is 11.8 Å². The Balaban J connectivity index is 1.83. The van der Waals surface area contributed by atoms with Gasteiger partial charge in [0.1, 0.15) is 5.52 Å². The molecular weight excluding hydrogens is 484 g/mol. The fourth-order valence-corrected chi connectivity index (χ4v) is 6.62. The zero-order chi connectivity index (χ0) is 25.1. The van der Waals surface area contributed by atoms with Gasteiger partial charge < -0.3 is 9.55 Å². The van der Waals surface area contributed by atoms with Crippen LogP contribution in [0.5, 0.6) is 0 Å². The third-order valence-electron chi connectivity index (χ3n) is 6.18. The van der Waals surface area contributed by atoms with Gasteiger partial charge in [-0.15, -0.1) is 11.8 Å². The Kier molecular flexibility index (Phi) is 5.52. The fourth-order valence-electron chi connectivity index (χ4n) is 4.35. The molecule has 0 spiro atoms. The summed E-state index contributed by atoms with van der Waals surface area (Å²) in [5.74, 6) is 0.765. The zero-order valence-corrected chi connectivity index (χ0v) is 21.3. The molecule has 8 nitrogen and oxygen atoms in total. The molecule has 0 aliphatic heterocycles. The Morgan fingerprint density at radius 2 is 1.69 bits per heavy atom. The van der Waals surface area contributed by atoms with Crippen molar-refractivity contribution in [2.24, 2.45) is 14.1 Å². The first-order valence-electron chi connectivity index (χ1n) is 11.0. The first-order valence-corrected chi connectivity index (χ1v) is 13.5. The van der Waals surface area contributed by atoms with Crippen molar-refractivity contribution >= 4 is 43.7 Å². The summed E-state index contributed by atoms with van der Waals surface area (Å²) in [5.41, 5.74) is 3.42. The van der Waals surface area contributed by atoms with Gasteiger partial charge >= 0.3 is 5.69 Å². The third-order valence-corrected chi connectivity index (χ3v) is 8.87. The summed E-state index contributed by atoms with van der Waals surface area (Å²) < 4.78 is 31.0. The van der Waals surface area contributed by atoms with Crippen molar-refractivity contribution in [1.82, 2.24) is 18.1 Å². The standard InChI is InChI=1S/C25H24N4O4S2/c1-5-34-23-18(10-11-20-21(23)26-25(31)28(20)4)19-14-27(3)24(30)22-17(19)12-13-29(22)35(32,33)16-8-6-15(2)7-9-16/h6-14H,5H2,1-4H3,(H,26,31). The molecule has 0 bridgehead atoms. The summed E-state index contributed by atoms with van der Waals surface area (Å²) >= 11 is 1.58. The van der Waals surface area contributed by atoms with E-state index in [1.165, 1.54) is 10.8 Å². The fraction of sp³-hybridized carbons (Fsp3) is 0.200. The lowest BCUT2D eigenvalue weighted by Gasteiger charge is -2.14. The van der Waals surface area contributed by atoms with Crippen LogP contribution in [0, 0.1) is 6.92 Å². The molecule has 2 aromatic carbocycles. The minimum absolute atomic E-state index is 0.0830. The highest BCUT2D eigenvalue weighted by molar-refractivity contribution is 7.99. The Labute approximate surface area is 205 Å². The topological polar surface area (TPSA) is 98.9 Å². The second-order valence-corrected chi connectivity index (χ2v) is 11.5. The molecular formula is C25H24N4O4S2. The largest absolute Gasteiger partial charge is 0.326 e. The number of fused-ring (bicyclic) bond motifs is 2. The van der Waals surface area contributed by atoms with E-state index in [9.17, 15) is 18.0 Å². The zero-order valence-electron chi connectivity index (χ0n) is 19.7. The normalized spacial score (nSPS) is 12.1. The highest BCUT2D eigenvalue weighted by atomic mass is 32.2. The van der Waals surface area contributed by atoms with E-state index in [0.29, 0.717) is 10.9 Å². The van der Waals surface area contributed by atoms with Gasteiger partial charge in [-0.05, 0) is 42.5 Å². The molecule has 0 aliphatic rings. The van der Waals surface area contributed by atoms with Crippen LogP contribution in [-0.2, 0) is 24.1 Å². The van der Waals surface area contributed by atoms with E-state index in [4.69, 9.17) is 0 Å². The number of hydrogen-bond acceptors (Lipinski definition) is 5. The number of nitrogens with zero attached hydrogens (tertiary/aromatic N) is 3. The number of aromatic amines is 1. The number of hydrogen-bond donors (Lipinski definition) is 1. The number of aromatic nitrogens is 4. The first-order chi connectivity index (χ1) is 16.6. The van der Waals surface area contributed by atoms with E-state index < -0.39 is 15.6 Å². The lowest BCUT2D eigenvalue weighted by molar-refractivity contribution is 0.589. The molecule has 35 heavy (non-hydrogen) atoms. The van der Waals surface area contributed by atoms with Crippen molar-refractivity contribution in [3.63, 3.8) is 0 Å². The van der Waals surface area contributed by atoms with Crippen molar-refractivity contribution in [1.29, 1.82) is 0 Å². The van der Waals surface area contributed by atoms with Crippen LogP contribution in [0.4, 0.5) is 0 Å². The van der Waals surface area contributed by atoms with E-state index in [1.54, 1.807) is 67.0 Å². The van der Waals surface area contributed by atoms with Crippen molar-refractivity contribution in [3.8, 4) is 11.1 Å². The summed E-state index contributed by atoms with van der Waals surface area (Å²) in [6, 6.07) is 12.0. The molecule has 0 unspecified atom stereocenters. The Morgan fingerprint density at radius 3 is 2.37 bits per heavy atom. The van der Waals surface area contributed by atoms with Gasteiger partial charge in [-0.25, -0.2) is 17.2 Å². The minimum Gasteiger partial charge on any atom is -0.316 e. The number of H-pyrrole nitrogens is 1. The Morgan fingerprint density at radius 1 is 0.971 bits per heavy atom. The molecule has 1 N–H and O–H groups in total. The maximum atomic E-state index is 13.5. The lowest BCUT2D eigenvalue weighted by atomic mass is 10.0. The predicted octanol–water partition coefficient (Wildman–Crippen LogP) is 3.84. The number of thioether (sulfide) groups is 1. The summed E-state index contributed by atoms with van der Waals surface area (Å²) in [6.07, 6.45) is 3.15. The maximum Gasteiger partial charge on any atom is 0.326 e. The molecule has 5 rings (SSSR count). The van der Waals surface area contributed by atoms with E-state index >= 15 is 0 Å². The SMILES string of the molecule is CCSc1c(-c2cn(C)c(=O)c3c2ccn3S(=O)(=O)c2ccc(C)cc2)ccc2c1[nH]c(=O)n2C. The van der Waals surface area contributed by atoms with Crippen LogP contribution in [0.2, 0.25) is 0 Å². The van der Waals surface area contributed by atoms with Gasteiger partial charge in [-0.3, -0.25) is 9.36 Å². The van der Waals surface area contributed by atoms with Gasteiger partial charge in [0.05, 0.1) is 15.9 Å². The highest BCUT2D eigenvalue weighted by Gasteiger charge is 2.24. The van der Waals surface area contributed by atoms with Gasteiger partial charge in [-0.2, -0.15) is 0 Å². The van der Waals surface area contributed by atoms with Gasteiger partial charge in [0.2, 0.25) is 0 Å². The second-order valence-electron chi connectivity index (χ2n) is 8.41.